The molecule has 1 saturated carbocycles. The first-order valence-electron chi connectivity index (χ1n) is 13.2. The Bertz CT molecular complexity index is 1010. The third kappa shape index (κ3) is 5.16. The molecule has 1 saturated heterocycles. The van der Waals surface area contributed by atoms with Crippen LogP contribution in [-0.4, -0.2) is 72.5 Å². The fourth-order valence-corrected chi connectivity index (χ4v) is 5.51. The zero-order chi connectivity index (χ0) is 23.5. The Labute approximate surface area is 204 Å². The molecule has 34 heavy (non-hydrogen) atoms. The van der Waals surface area contributed by atoms with E-state index in [0.717, 1.165) is 70.5 Å². The lowest BCUT2D eigenvalue weighted by Gasteiger charge is -2.43. The minimum Gasteiger partial charge on any atom is -0.493 e. The van der Waals surface area contributed by atoms with Gasteiger partial charge in [0.15, 0.2) is 0 Å². The number of hydrogen-bond acceptors (Lipinski definition) is 4. The van der Waals surface area contributed by atoms with E-state index in [-0.39, 0.29) is 0 Å². The van der Waals surface area contributed by atoms with Crippen molar-refractivity contribution < 1.29 is 9.53 Å². The molecule has 2 aromatic carbocycles. The van der Waals surface area contributed by atoms with Crippen LogP contribution < -0.4 is 4.74 Å². The average molecular weight is 462 g/mol. The van der Waals surface area contributed by atoms with Gasteiger partial charge < -0.3 is 9.64 Å². The highest BCUT2D eigenvalue weighted by Gasteiger charge is 2.30. The number of hydrogen-bond donors (Lipinski definition) is 0. The van der Waals surface area contributed by atoms with Gasteiger partial charge in [0.25, 0.3) is 0 Å². The summed E-state index contributed by atoms with van der Waals surface area (Å²) in [5.74, 6) is 1.28. The normalized spacial score (nSPS) is 19.5. The van der Waals surface area contributed by atoms with E-state index < -0.39 is 0 Å². The number of amides is 1. The summed E-state index contributed by atoms with van der Waals surface area (Å²) in [6, 6.07) is 14.1. The maximum Gasteiger partial charge on any atom is 0.236 e. The zero-order valence-corrected chi connectivity index (χ0v) is 20.9. The van der Waals surface area contributed by atoms with Gasteiger partial charge in [0.1, 0.15) is 5.75 Å². The van der Waals surface area contributed by atoms with Gasteiger partial charge in [-0.3, -0.25) is 14.6 Å². The van der Waals surface area contributed by atoms with Crippen molar-refractivity contribution in [1.82, 2.24) is 14.7 Å². The second-order valence-electron chi connectivity index (χ2n) is 10.3. The van der Waals surface area contributed by atoms with E-state index in [1.54, 1.807) is 0 Å². The average Bonchev–Trinajstić information content (AvgIpc) is 2.82. The van der Waals surface area contributed by atoms with Crippen molar-refractivity contribution in [2.75, 3.05) is 45.9 Å². The number of rotatable bonds is 7. The molecule has 2 aliphatic heterocycles. The summed E-state index contributed by atoms with van der Waals surface area (Å²) in [5.41, 5.74) is 6.46. The number of piperazine rings is 1. The van der Waals surface area contributed by atoms with E-state index in [0.29, 0.717) is 12.5 Å². The fraction of sp³-hybridized carbons (Fsp3) is 0.552. The smallest absolute Gasteiger partial charge is 0.236 e. The van der Waals surface area contributed by atoms with Gasteiger partial charge in [-0.1, -0.05) is 37.6 Å². The number of ether oxygens (including phenoxy) is 1. The fourth-order valence-electron chi connectivity index (χ4n) is 5.51. The lowest BCUT2D eigenvalue weighted by molar-refractivity contribution is -0.135. The van der Waals surface area contributed by atoms with Gasteiger partial charge in [0, 0.05) is 45.3 Å². The molecule has 5 nitrogen and oxygen atoms in total. The monoisotopic (exact) mass is 461 g/mol. The van der Waals surface area contributed by atoms with Gasteiger partial charge in [-0.15, -0.1) is 0 Å². The Kier molecular flexibility index (Phi) is 7.21. The molecule has 2 aromatic rings. The molecule has 2 heterocycles. The SMILES string of the molecule is CCCOc1ccc(-c2ccc3c(c2)CCN(CC(=O)N2CCN(C4CCC4)CC2)C3)cc1C. The highest BCUT2D eigenvalue weighted by molar-refractivity contribution is 5.78. The van der Waals surface area contributed by atoms with E-state index in [1.807, 2.05) is 0 Å². The third-order valence-corrected chi connectivity index (χ3v) is 7.88. The Morgan fingerprint density at radius 3 is 2.44 bits per heavy atom. The molecule has 2 fully saturated rings. The molecule has 3 aliphatic rings. The van der Waals surface area contributed by atoms with Gasteiger partial charge in [0.2, 0.25) is 5.91 Å². The molecule has 5 heteroatoms. The van der Waals surface area contributed by atoms with Crippen molar-refractivity contribution in [1.29, 1.82) is 0 Å². The summed E-state index contributed by atoms with van der Waals surface area (Å²) < 4.78 is 5.84. The van der Waals surface area contributed by atoms with Crippen LogP contribution in [0, 0.1) is 6.92 Å². The Morgan fingerprint density at radius 1 is 0.971 bits per heavy atom. The highest BCUT2D eigenvalue weighted by Crippen LogP contribution is 2.30. The lowest BCUT2D eigenvalue weighted by atomic mass is 9.91. The molecule has 0 spiro atoms. The Balaban J connectivity index is 1.17. The molecule has 0 aromatic heterocycles. The molecule has 5 rings (SSSR count). The maximum absolute atomic E-state index is 13.0. The topological polar surface area (TPSA) is 36.0 Å². The summed E-state index contributed by atoms with van der Waals surface area (Å²) >= 11 is 0. The Hall–Kier alpha value is -2.37. The molecule has 0 atom stereocenters. The zero-order valence-electron chi connectivity index (χ0n) is 20.9. The van der Waals surface area contributed by atoms with Crippen molar-refractivity contribution in [2.24, 2.45) is 0 Å². The van der Waals surface area contributed by atoms with Crippen molar-refractivity contribution in [2.45, 2.75) is 58.5 Å². The predicted molar refractivity (Wildman–Crippen MR) is 137 cm³/mol. The molecule has 1 aliphatic carbocycles. The predicted octanol–water partition coefficient (Wildman–Crippen LogP) is 4.51. The molecule has 1 amide bonds. The number of carbonyl (C=O) groups is 1. The van der Waals surface area contributed by atoms with Crippen molar-refractivity contribution >= 4 is 5.91 Å². The number of nitrogens with zero attached hydrogens (tertiary/aromatic N) is 3. The number of aryl methyl sites for hydroxylation is 1. The van der Waals surface area contributed by atoms with Gasteiger partial charge >= 0.3 is 0 Å². The molecular formula is C29H39N3O2. The summed E-state index contributed by atoms with van der Waals surface area (Å²) in [6.07, 6.45) is 6.10. The minimum absolute atomic E-state index is 0.300. The number of fused-ring (bicyclic) bond motifs is 1. The summed E-state index contributed by atoms with van der Waals surface area (Å²) in [6.45, 7) is 11.3. The van der Waals surface area contributed by atoms with Crippen molar-refractivity contribution in [3.63, 3.8) is 0 Å². The van der Waals surface area contributed by atoms with Crippen LogP contribution in [0.3, 0.4) is 0 Å². The Morgan fingerprint density at radius 2 is 1.74 bits per heavy atom. The van der Waals surface area contributed by atoms with Crippen LogP contribution in [0.4, 0.5) is 0 Å². The van der Waals surface area contributed by atoms with Gasteiger partial charge in [-0.25, -0.2) is 0 Å². The quantitative estimate of drug-likeness (QED) is 0.608. The lowest BCUT2D eigenvalue weighted by Crippen LogP contribution is -2.55. The summed E-state index contributed by atoms with van der Waals surface area (Å²) in [4.78, 5) is 20.0. The highest BCUT2D eigenvalue weighted by atomic mass is 16.5. The first-order chi connectivity index (χ1) is 16.6. The molecule has 182 valence electrons. The third-order valence-electron chi connectivity index (χ3n) is 7.88. The van der Waals surface area contributed by atoms with Gasteiger partial charge in [0.05, 0.1) is 13.2 Å². The van der Waals surface area contributed by atoms with E-state index in [2.05, 4.69) is 64.9 Å². The first kappa shape index (κ1) is 23.4. The molecule has 0 radical (unpaired) electrons. The standard InChI is InChI=1S/C29H39N3O2/c1-3-17-34-28-10-9-23(18-22(28)2)24-7-8-26-20-30(12-11-25(26)19-24)21-29(33)32-15-13-31(14-16-32)27-5-4-6-27/h7-10,18-19,27H,3-6,11-17,20-21H2,1-2H3. The molecule has 0 unspecified atom stereocenters. The van der Waals surface area contributed by atoms with E-state index in [4.69, 9.17) is 4.74 Å². The maximum atomic E-state index is 13.0. The first-order valence-corrected chi connectivity index (χ1v) is 13.2. The van der Waals surface area contributed by atoms with E-state index in [9.17, 15) is 4.79 Å². The minimum atomic E-state index is 0.300. The van der Waals surface area contributed by atoms with Crippen molar-refractivity contribution in [3.8, 4) is 16.9 Å². The summed E-state index contributed by atoms with van der Waals surface area (Å²) in [7, 11) is 0. The molecular weight excluding hydrogens is 422 g/mol. The molecule has 0 N–H and O–H groups in total. The summed E-state index contributed by atoms with van der Waals surface area (Å²) in [5, 5.41) is 0. The molecule has 0 bridgehead atoms. The van der Waals surface area contributed by atoms with Gasteiger partial charge in [-0.05, 0) is 72.6 Å². The second kappa shape index (κ2) is 10.5. The number of benzene rings is 2. The van der Waals surface area contributed by atoms with Crippen LogP contribution in [0.15, 0.2) is 36.4 Å². The van der Waals surface area contributed by atoms with Crippen LogP contribution in [0.5, 0.6) is 5.75 Å². The van der Waals surface area contributed by atoms with Crippen LogP contribution in [0.1, 0.15) is 49.3 Å². The van der Waals surface area contributed by atoms with Crippen LogP contribution >= 0.6 is 0 Å². The van der Waals surface area contributed by atoms with E-state index >= 15 is 0 Å². The van der Waals surface area contributed by atoms with Gasteiger partial charge in [-0.2, -0.15) is 0 Å². The van der Waals surface area contributed by atoms with Crippen LogP contribution in [0.25, 0.3) is 11.1 Å². The number of carbonyl (C=O) groups excluding carboxylic acids is 1. The van der Waals surface area contributed by atoms with Crippen molar-refractivity contribution in [3.05, 3.63) is 53.1 Å². The van der Waals surface area contributed by atoms with Crippen LogP contribution in [0.2, 0.25) is 0 Å². The second-order valence-corrected chi connectivity index (χ2v) is 10.3. The largest absolute Gasteiger partial charge is 0.493 e. The van der Waals surface area contributed by atoms with Crippen LogP contribution in [-0.2, 0) is 17.8 Å². The van der Waals surface area contributed by atoms with E-state index in [1.165, 1.54) is 47.1 Å².